The highest BCUT2D eigenvalue weighted by Gasteiger charge is 2.10. The molecule has 0 atom stereocenters. The molecule has 0 spiro atoms. The van der Waals surface area contributed by atoms with Crippen LogP contribution < -0.4 is 10.9 Å². The lowest BCUT2D eigenvalue weighted by Crippen LogP contribution is -2.26. The maximum Gasteiger partial charge on any atom is 0.276 e. The Bertz CT molecular complexity index is 908. The molecule has 6 nitrogen and oxygen atoms in total. The zero-order chi connectivity index (χ0) is 16.9. The van der Waals surface area contributed by atoms with Crippen molar-refractivity contribution < 1.29 is 9.18 Å². The fourth-order valence-electron chi connectivity index (χ4n) is 2.08. The third-order valence-corrected chi connectivity index (χ3v) is 3.26. The molecule has 120 valence electrons. The van der Waals surface area contributed by atoms with E-state index in [1.165, 1.54) is 30.5 Å². The maximum absolute atomic E-state index is 12.9. The molecule has 0 fully saturated rings. The Labute approximate surface area is 136 Å². The first-order chi connectivity index (χ1) is 11.6. The van der Waals surface area contributed by atoms with Gasteiger partial charge in [-0.05, 0) is 35.9 Å². The van der Waals surface area contributed by atoms with Crippen molar-refractivity contribution in [2.75, 3.05) is 5.32 Å². The molecule has 1 amide bonds. The lowest BCUT2D eigenvalue weighted by atomic mass is 10.2. The van der Waals surface area contributed by atoms with Crippen LogP contribution in [0.5, 0.6) is 0 Å². The molecular formula is C17H13FN4O2. The number of anilines is 1. The molecule has 0 saturated heterocycles. The molecular weight excluding hydrogens is 311 g/mol. The zero-order valence-electron chi connectivity index (χ0n) is 12.5. The molecule has 1 N–H and O–H groups in total. The Balaban J connectivity index is 1.81. The summed E-state index contributed by atoms with van der Waals surface area (Å²) >= 11 is 0. The van der Waals surface area contributed by atoms with Crippen molar-refractivity contribution in [2.24, 2.45) is 0 Å². The van der Waals surface area contributed by atoms with Crippen molar-refractivity contribution in [1.82, 2.24) is 14.8 Å². The first kappa shape index (κ1) is 15.5. The SMILES string of the molecule is O=C(Nc1cccnc1)c1ccc(=O)n(Cc2ccc(F)cc2)n1. The smallest absolute Gasteiger partial charge is 0.276 e. The molecule has 0 unspecified atom stereocenters. The van der Waals surface area contributed by atoms with Gasteiger partial charge in [0.2, 0.25) is 0 Å². The van der Waals surface area contributed by atoms with Crippen LogP contribution in [0.4, 0.5) is 10.1 Å². The topological polar surface area (TPSA) is 76.9 Å². The first-order valence-electron chi connectivity index (χ1n) is 7.16. The normalized spacial score (nSPS) is 10.4. The molecule has 2 heterocycles. The van der Waals surface area contributed by atoms with E-state index < -0.39 is 5.91 Å². The summed E-state index contributed by atoms with van der Waals surface area (Å²) in [6.45, 7) is 0.146. The summed E-state index contributed by atoms with van der Waals surface area (Å²) in [4.78, 5) is 28.0. The number of carbonyl (C=O) groups is 1. The molecule has 0 aliphatic rings. The fraction of sp³-hybridized carbons (Fsp3) is 0.0588. The van der Waals surface area contributed by atoms with E-state index in [0.717, 1.165) is 4.68 Å². The predicted molar refractivity (Wildman–Crippen MR) is 86.2 cm³/mol. The molecule has 0 aliphatic carbocycles. The number of amides is 1. The third kappa shape index (κ3) is 3.70. The number of nitrogens with one attached hydrogen (secondary N) is 1. The minimum absolute atomic E-state index is 0.0977. The first-order valence-corrected chi connectivity index (χ1v) is 7.16. The lowest BCUT2D eigenvalue weighted by Gasteiger charge is -2.08. The van der Waals surface area contributed by atoms with Crippen LogP contribution in [0.15, 0.2) is 65.7 Å². The highest BCUT2D eigenvalue weighted by atomic mass is 19.1. The van der Waals surface area contributed by atoms with Gasteiger partial charge in [0.15, 0.2) is 0 Å². The molecule has 3 rings (SSSR count). The number of pyridine rings is 1. The minimum atomic E-state index is -0.448. The molecule has 7 heteroatoms. The lowest BCUT2D eigenvalue weighted by molar-refractivity contribution is 0.102. The molecule has 0 bridgehead atoms. The Kier molecular flexibility index (Phi) is 4.42. The molecule has 2 aromatic heterocycles. The van der Waals surface area contributed by atoms with Gasteiger partial charge >= 0.3 is 0 Å². The summed E-state index contributed by atoms with van der Waals surface area (Å²) in [5.74, 6) is -0.806. The number of benzene rings is 1. The van der Waals surface area contributed by atoms with Crippen LogP contribution in [0, 0.1) is 5.82 Å². The van der Waals surface area contributed by atoms with Gasteiger partial charge in [-0.2, -0.15) is 5.10 Å². The Morgan fingerprint density at radius 2 is 1.92 bits per heavy atom. The van der Waals surface area contributed by atoms with Gasteiger partial charge in [0.25, 0.3) is 11.5 Å². The number of rotatable bonds is 4. The monoisotopic (exact) mass is 324 g/mol. The van der Waals surface area contributed by atoms with Crippen LogP contribution in [-0.2, 0) is 6.54 Å². The van der Waals surface area contributed by atoms with Crippen molar-refractivity contribution in [2.45, 2.75) is 6.54 Å². The van der Waals surface area contributed by atoms with Gasteiger partial charge in [-0.25, -0.2) is 9.07 Å². The van der Waals surface area contributed by atoms with Gasteiger partial charge in [-0.15, -0.1) is 0 Å². The van der Waals surface area contributed by atoms with Crippen molar-refractivity contribution >= 4 is 11.6 Å². The van der Waals surface area contributed by atoms with E-state index in [2.05, 4.69) is 15.4 Å². The second kappa shape index (κ2) is 6.82. The summed E-state index contributed by atoms with van der Waals surface area (Å²) in [6, 6.07) is 11.7. The number of aromatic nitrogens is 3. The highest BCUT2D eigenvalue weighted by molar-refractivity contribution is 6.02. The van der Waals surface area contributed by atoms with E-state index in [-0.39, 0.29) is 23.6 Å². The van der Waals surface area contributed by atoms with E-state index >= 15 is 0 Å². The van der Waals surface area contributed by atoms with Crippen LogP contribution in [0.3, 0.4) is 0 Å². The van der Waals surface area contributed by atoms with Gasteiger partial charge in [0.05, 0.1) is 18.4 Å². The van der Waals surface area contributed by atoms with Gasteiger partial charge in [0.1, 0.15) is 11.5 Å². The summed E-state index contributed by atoms with van der Waals surface area (Å²) in [6.07, 6.45) is 3.10. The standard InChI is InChI=1S/C17H13FN4O2/c18-13-5-3-12(4-6-13)11-22-16(23)8-7-15(21-22)17(24)20-14-2-1-9-19-10-14/h1-10H,11H2,(H,20,24). The Hall–Kier alpha value is -3.35. The number of nitrogens with zero attached hydrogens (tertiary/aromatic N) is 3. The quantitative estimate of drug-likeness (QED) is 0.797. The van der Waals surface area contributed by atoms with Gasteiger partial charge in [0, 0.05) is 12.3 Å². The average Bonchev–Trinajstić information content (AvgIpc) is 2.59. The second-order valence-electron chi connectivity index (χ2n) is 5.04. The van der Waals surface area contributed by atoms with E-state index in [9.17, 15) is 14.0 Å². The Morgan fingerprint density at radius 1 is 1.12 bits per heavy atom. The molecule has 0 saturated carbocycles. The molecule has 0 aliphatic heterocycles. The Morgan fingerprint density at radius 3 is 2.62 bits per heavy atom. The van der Waals surface area contributed by atoms with Crippen LogP contribution in [0.2, 0.25) is 0 Å². The second-order valence-corrected chi connectivity index (χ2v) is 5.04. The summed E-state index contributed by atoms with van der Waals surface area (Å²) in [5, 5.41) is 6.71. The fourth-order valence-corrected chi connectivity index (χ4v) is 2.08. The summed E-state index contributed by atoms with van der Waals surface area (Å²) in [5.41, 5.74) is 0.981. The largest absolute Gasteiger partial charge is 0.319 e. The van der Waals surface area contributed by atoms with Crippen molar-refractivity contribution in [3.8, 4) is 0 Å². The average molecular weight is 324 g/mol. The third-order valence-electron chi connectivity index (χ3n) is 3.26. The predicted octanol–water partition coefficient (Wildman–Crippen LogP) is 2.08. The zero-order valence-corrected chi connectivity index (χ0v) is 12.5. The summed E-state index contributed by atoms with van der Waals surface area (Å²) in [7, 11) is 0. The molecule has 3 aromatic rings. The minimum Gasteiger partial charge on any atom is -0.319 e. The van der Waals surface area contributed by atoms with Crippen molar-refractivity contribution in [3.05, 3.63) is 88.4 Å². The van der Waals surface area contributed by atoms with Crippen LogP contribution >= 0.6 is 0 Å². The number of hydrogen-bond acceptors (Lipinski definition) is 4. The van der Waals surface area contributed by atoms with E-state index in [0.29, 0.717) is 11.3 Å². The maximum atomic E-state index is 12.9. The van der Waals surface area contributed by atoms with Crippen LogP contribution in [0.1, 0.15) is 16.1 Å². The highest BCUT2D eigenvalue weighted by Crippen LogP contribution is 2.06. The van der Waals surface area contributed by atoms with E-state index in [1.54, 1.807) is 30.5 Å². The van der Waals surface area contributed by atoms with Gasteiger partial charge < -0.3 is 5.32 Å². The number of hydrogen-bond donors (Lipinski definition) is 1. The molecule has 0 radical (unpaired) electrons. The van der Waals surface area contributed by atoms with Crippen molar-refractivity contribution in [3.63, 3.8) is 0 Å². The van der Waals surface area contributed by atoms with Crippen molar-refractivity contribution in [1.29, 1.82) is 0 Å². The van der Waals surface area contributed by atoms with Crippen LogP contribution in [-0.4, -0.2) is 20.7 Å². The number of halogens is 1. The number of carbonyl (C=O) groups excluding carboxylic acids is 1. The van der Waals surface area contributed by atoms with E-state index in [1.807, 2.05) is 0 Å². The van der Waals surface area contributed by atoms with E-state index in [4.69, 9.17) is 0 Å². The molecule has 24 heavy (non-hydrogen) atoms. The van der Waals surface area contributed by atoms with Gasteiger partial charge in [-0.1, -0.05) is 12.1 Å². The van der Waals surface area contributed by atoms with Crippen LogP contribution in [0.25, 0.3) is 0 Å². The molecule has 1 aromatic carbocycles. The van der Waals surface area contributed by atoms with Gasteiger partial charge in [-0.3, -0.25) is 14.6 Å². The summed E-state index contributed by atoms with van der Waals surface area (Å²) < 4.78 is 14.1.